The van der Waals surface area contributed by atoms with Crippen LogP contribution in [0.1, 0.15) is 54.9 Å². The predicted molar refractivity (Wildman–Crippen MR) is 120 cm³/mol. The standard InChI is InChI=1S/C21H36BrNO4Si/c1-16(12-13-25-19(24)23-20(2,3)4)27-28(8,21(5,6)7)15-26-18-11-9-10-17(22)14-18/h9-11,14,16H,12-13,15H2,1-8H3,(H,23,24)/t16-,28?/m1/s1. The summed E-state index contributed by atoms with van der Waals surface area (Å²) in [4.78, 5) is 11.8. The zero-order chi connectivity index (χ0) is 21.6. The molecule has 0 aliphatic rings. The molecule has 0 aliphatic heterocycles. The minimum absolute atomic E-state index is 0.00224. The van der Waals surface area contributed by atoms with Crippen LogP contribution in [0.25, 0.3) is 0 Å². The molecular weight excluding hydrogens is 438 g/mol. The van der Waals surface area contributed by atoms with Crippen molar-refractivity contribution in [2.24, 2.45) is 0 Å². The van der Waals surface area contributed by atoms with Gasteiger partial charge in [-0.15, -0.1) is 0 Å². The lowest BCUT2D eigenvalue weighted by molar-refractivity contribution is 0.108. The van der Waals surface area contributed by atoms with Gasteiger partial charge in [-0.25, -0.2) is 4.79 Å². The van der Waals surface area contributed by atoms with E-state index in [0.717, 1.165) is 10.2 Å². The lowest BCUT2D eigenvalue weighted by atomic mass is 10.1. The summed E-state index contributed by atoms with van der Waals surface area (Å²) in [5, 5.41) is 2.79. The number of hydrogen-bond acceptors (Lipinski definition) is 4. The fourth-order valence-electron chi connectivity index (χ4n) is 2.37. The summed E-state index contributed by atoms with van der Waals surface area (Å²) in [6.45, 7) is 16.9. The first-order chi connectivity index (χ1) is 12.7. The number of ether oxygens (including phenoxy) is 2. The van der Waals surface area contributed by atoms with E-state index in [1.165, 1.54) is 0 Å². The van der Waals surface area contributed by atoms with Gasteiger partial charge in [0.1, 0.15) is 12.0 Å². The van der Waals surface area contributed by atoms with Gasteiger partial charge in [0.25, 0.3) is 0 Å². The third-order valence-electron chi connectivity index (χ3n) is 4.59. The van der Waals surface area contributed by atoms with Gasteiger partial charge in [-0.3, -0.25) is 0 Å². The summed E-state index contributed by atoms with van der Waals surface area (Å²) < 4.78 is 18.9. The number of amides is 1. The summed E-state index contributed by atoms with van der Waals surface area (Å²) in [6.07, 6.45) is 0.786. The van der Waals surface area contributed by atoms with Gasteiger partial charge in [0.15, 0.2) is 0 Å². The van der Waals surface area contributed by atoms with Crippen molar-refractivity contribution in [3.63, 3.8) is 0 Å². The molecule has 1 N–H and O–H groups in total. The van der Waals surface area contributed by atoms with Crippen LogP contribution in [-0.2, 0) is 9.16 Å². The number of hydrogen-bond donors (Lipinski definition) is 1. The molecule has 1 unspecified atom stereocenters. The third kappa shape index (κ3) is 8.96. The van der Waals surface area contributed by atoms with Crippen molar-refractivity contribution in [2.45, 2.75) is 78.1 Å². The van der Waals surface area contributed by atoms with Crippen molar-refractivity contribution < 1.29 is 18.7 Å². The summed E-state index contributed by atoms with van der Waals surface area (Å²) in [7, 11) is -2.22. The van der Waals surface area contributed by atoms with E-state index in [1.54, 1.807) is 0 Å². The Bertz CT molecular complexity index is 642. The van der Waals surface area contributed by atoms with Gasteiger partial charge < -0.3 is 19.2 Å². The first-order valence-electron chi connectivity index (χ1n) is 9.73. The monoisotopic (exact) mass is 473 g/mol. The molecule has 0 fully saturated rings. The van der Waals surface area contributed by atoms with Crippen molar-refractivity contribution in [3.05, 3.63) is 28.7 Å². The second-order valence-corrected chi connectivity index (χ2v) is 14.9. The Morgan fingerprint density at radius 2 is 1.86 bits per heavy atom. The Hall–Kier alpha value is -1.05. The zero-order valence-electron chi connectivity index (χ0n) is 18.5. The predicted octanol–water partition coefficient (Wildman–Crippen LogP) is 6.06. The molecule has 0 saturated heterocycles. The van der Waals surface area contributed by atoms with Gasteiger partial charge >= 0.3 is 6.09 Å². The van der Waals surface area contributed by atoms with Crippen molar-refractivity contribution in [3.8, 4) is 5.75 Å². The molecular formula is C21H36BrNO4Si. The zero-order valence-corrected chi connectivity index (χ0v) is 21.1. The summed E-state index contributed by atoms with van der Waals surface area (Å²) in [6, 6.07) is 7.84. The Kier molecular flexibility index (Phi) is 9.03. The van der Waals surface area contributed by atoms with E-state index in [0.29, 0.717) is 19.3 Å². The van der Waals surface area contributed by atoms with Crippen molar-refractivity contribution in [1.82, 2.24) is 5.32 Å². The molecule has 0 bridgehead atoms. The Labute approximate surface area is 179 Å². The van der Waals surface area contributed by atoms with Crippen molar-refractivity contribution in [1.29, 1.82) is 0 Å². The van der Waals surface area contributed by atoms with E-state index in [9.17, 15) is 4.79 Å². The molecule has 0 heterocycles. The number of benzene rings is 1. The molecule has 2 atom stereocenters. The molecule has 0 spiro atoms. The molecule has 0 saturated carbocycles. The van der Waals surface area contributed by atoms with Gasteiger partial charge in [0.05, 0.1) is 6.61 Å². The molecule has 0 radical (unpaired) electrons. The highest BCUT2D eigenvalue weighted by Crippen LogP contribution is 2.38. The van der Waals surface area contributed by atoms with Crippen LogP contribution in [0.3, 0.4) is 0 Å². The maximum atomic E-state index is 11.8. The largest absolute Gasteiger partial charge is 0.494 e. The summed E-state index contributed by atoms with van der Waals surface area (Å²) in [5.41, 5.74) is -0.305. The van der Waals surface area contributed by atoms with E-state index >= 15 is 0 Å². The van der Waals surface area contributed by atoms with Crippen LogP contribution in [0.15, 0.2) is 28.7 Å². The van der Waals surface area contributed by atoms with Crippen LogP contribution in [-0.4, -0.2) is 38.9 Å². The average molecular weight is 475 g/mol. The van der Waals surface area contributed by atoms with Crippen molar-refractivity contribution in [2.75, 3.05) is 12.8 Å². The lowest BCUT2D eigenvalue weighted by Gasteiger charge is -2.40. The van der Waals surface area contributed by atoms with E-state index in [2.05, 4.69) is 48.6 Å². The number of nitrogens with one attached hydrogen (secondary N) is 1. The number of halogens is 1. The molecule has 28 heavy (non-hydrogen) atoms. The van der Waals surface area contributed by atoms with E-state index in [-0.39, 0.29) is 16.7 Å². The number of alkyl carbamates (subject to hydrolysis) is 1. The van der Waals surface area contributed by atoms with Crippen LogP contribution in [0, 0.1) is 0 Å². The molecule has 1 rings (SSSR count). The quantitative estimate of drug-likeness (QED) is 0.465. The van der Waals surface area contributed by atoms with Crippen LogP contribution in [0.5, 0.6) is 5.75 Å². The van der Waals surface area contributed by atoms with Crippen LogP contribution >= 0.6 is 15.9 Å². The van der Waals surface area contributed by atoms with Gasteiger partial charge in [0, 0.05) is 22.5 Å². The molecule has 7 heteroatoms. The smallest absolute Gasteiger partial charge is 0.407 e. The second-order valence-electron chi connectivity index (χ2n) is 9.45. The van der Waals surface area contributed by atoms with Gasteiger partial charge in [0.2, 0.25) is 8.32 Å². The number of rotatable bonds is 8. The number of carbonyl (C=O) groups excluding carboxylic acids is 1. The normalized spacial score (nSPS) is 15.5. The second kappa shape index (κ2) is 10.1. The highest BCUT2D eigenvalue weighted by molar-refractivity contribution is 9.10. The van der Waals surface area contributed by atoms with E-state index in [1.807, 2.05) is 52.0 Å². The van der Waals surface area contributed by atoms with Crippen LogP contribution in [0.4, 0.5) is 4.79 Å². The maximum absolute atomic E-state index is 11.8. The maximum Gasteiger partial charge on any atom is 0.407 e. The van der Waals surface area contributed by atoms with Gasteiger partial charge in [-0.2, -0.15) is 0 Å². The van der Waals surface area contributed by atoms with Crippen LogP contribution < -0.4 is 10.1 Å². The van der Waals surface area contributed by atoms with E-state index in [4.69, 9.17) is 13.9 Å². The minimum atomic E-state index is -2.22. The van der Waals surface area contributed by atoms with Gasteiger partial charge in [-0.05, 0) is 57.5 Å². The topological polar surface area (TPSA) is 56.8 Å². The Morgan fingerprint density at radius 3 is 2.39 bits per heavy atom. The highest BCUT2D eigenvalue weighted by Gasteiger charge is 2.44. The van der Waals surface area contributed by atoms with E-state index < -0.39 is 14.4 Å². The third-order valence-corrected chi connectivity index (χ3v) is 9.88. The highest BCUT2D eigenvalue weighted by atomic mass is 79.9. The Balaban J connectivity index is 2.61. The minimum Gasteiger partial charge on any atom is -0.494 e. The molecule has 1 amide bonds. The van der Waals surface area contributed by atoms with Crippen molar-refractivity contribution >= 4 is 30.3 Å². The molecule has 160 valence electrons. The number of carbonyl (C=O) groups is 1. The summed E-state index contributed by atoms with van der Waals surface area (Å²) in [5.74, 6) is 0.829. The Morgan fingerprint density at radius 1 is 1.21 bits per heavy atom. The molecule has 1 aromatic carbocycles. The molecule has 0 aliphatic carbocycles. The SMILES string of the molecule is C[C@H](CCOC(=O)NC(C)(C)C)O[Si](C)(COc1cccc(Br)c1)C(C)(C)C. The van der Waals surface area contributed by atoms with Gasteiger partial charge in [-0.1, -0.05) is 42.8 Å². The summed E-state index contributed by atoms with van der Waals surface area (Å²) >= 11 is 3.47. The fourth-order valence-corrected chi connectivity index (χ4v) is 5.05. The van der Waals surface area contributed by atoms with Crippen LogP contribution in [0.2, 0.25) is 11.6 Å². The first-order valence-corrected chi connectivity index (χ1v) is 13.1. The lowest BCUT2D eigenvalue weighted by Crippen LogP contribution is -2.52. The molecule has 5 nitrogen and oxygen atoms in total. The molecule has 0 aromatic heterocycles. The first kappa shape index (κ1) is 25.0. The average Bonchev–Trinajstić information content (AvgIpc) is 2.50. The molecule has 1 aromatic rings. The fraction of sp³-hybridized carbons (Fsp3) is 0.667.